The zero-order valence-corrected chi connectivity index (χ0v) is 15.9. The Morgan fingerprint density at radius 3 is 1.75 bits per heavy atom. The van der Waals surface area contributed by atoms with Crippen LogP contribution in [0.25, 0.3) is 32.7 Å². The Balaban J connectivity index is 1.72. The predicted octanol–water partition coefficient (Wildman–Crippen LogP) is 6.02. The van der Waals surface area contributed by atoms with Gasteiger partial charge in [-0.05, 0) is 33.7 Å². The zero-order valence-electron chi connectivity index (χ0n) is 15.0. The van der Waals surface area contributed by atoms with E-state index in [0.29, 0.717) is 18.1 Å². The van der Waals surface area contributed by atoms with E-state index in [9.17, 15) is 4.57 Å². The Hall–Kier alpha value is -2.81. The normalized spacial score (nSPS) is 19.2. The quantitative estimate of drug-likeness (QED) is 0.311. The fourth-order valence-electron chi connectivity index (χ4n) is 3.99. The van der Waals surface area contributed by atoms with Crippen LogP contribution < -0.4 is 9.05 Å². The summed E-state index contributed by atoms with van der Waals surface area (Å²) in [6, 6.07) is 24.2. The van der Waals surface area contributed by atoms with Crippen LogP contribution in [0.1, 0.15) is 0 Å². The van der Waals surface area contributed by atoms with Crippen molar-refractivity contribution in [3.8, 4) is 22.6 Å². The Morgan fingerprint density at radius 1 is 0.750 bits per heavy atom. The molecule has 0 N–H and O–H groups in total. The highest BCUT2D eigenvalue weighted by Crippen LogP contribution is 2.59. The summed E-state index contributed by atoms with van der Waals surface area (Å²) in [4.78, 5) is 0. The van der Waals surface area contributed by atoms with E-state index in [0.717, 1.165) is 32.7 Å². The number of fused-ring (bicyclic) bond motifs is 7. The lowest BCUT2D eigenvalue weighted by Gasteiger charge is -2.17. The van der Waals surface area contributed by atoms with Gasteiger partial charge in [-0.25, -0.2) is 4.57 Å². The van der Waals surface area contributed by atoms with E-state index < -0.39 is 7.60 Å². The molecule has 1 saturated heterocycles. The van der Waals surface area contributed by atoms with Crippen molar-refractivity contribution in [1.82, 2.24) is 0 Å². The first-order valence-corrected chi connectivity index (χ1v) is 11.1. The van der Waals surface area contributed by atoms with Gasteiger partial charge in [0.15, 0.2) is 0 Å². The summed E-state index contributed by atoms with van der Waals surface area (Å²) in [5.41, 5.74) is 1.86. The van der Waals surface area contributed by atoms with Crippen molar-refractivity contribution >= 4 is 29.1 Å². The lowest BCUT2D eigenvalue weighted by molar-refractivity contribution is 0.371. The van der Waals surface area contributed by atoms with Gasteiger partial charge in [-0.2, -0.15) is 0 Å². The first-order valence-electron chi connectivity index (χ1n) is 9.34. The molecule has 4 nitrogen and oxygen atoms in total. The van der Waals surface area contributed by atoms with Crippen LogP contribution in [-0.2, 0) is 9.30 Å². The second-order valence-electron chi connectivity index (χ2n) is 7.25. The molecule has 1 atom stereocenters. The van der Waals surface area contributed by atoms with Crippen molar-refractivity contribution in [2.45, 2.75) is 6.10 Å². The van der Waals surface area contributed by atoms with Crippen LogP contribution in [0.2, 0.25) is 0 Å². The topological polar surface area (TPSA) is 48.1 Å². The Labute approximate surface area is 162 Å². The lowest BCUT2D eigenvalue weighted by Crippen LogP contribution is -2.08. The Kier molecular flexibility index (Phi) is 3.37. The molecule has 0 spiro atoms. The second kappa shape index (κ2) is 5.84. The largest absolute Gasteiger partial charge is 0.433 e. The summed E-state index contributed by atoms with van der Waals surface area (Å²) in [5.74, 6) is 1.19. The molecule has 0 bridgehead atoms. The van der Waals surface area contributed by atoms with Crippen LogP contribution in [0, 0.1) is 0 Å². The minimum atomic E-state index is -3.40. The summed E-state index contributed by atoms with van der Waals surface area (Å²) in [6.45, 7) is 0.603. The summed E-state index contributed by atoms with van der Waals surface area (Å²) in [7, 11) is -3.40. The zero-order chi connectivity index (χ0) is 18.7. The molecule has 4 aromatic rings. The summed E-state index contributed by atoms with van der Waals surface area (Å²) in [6.07, 6.45) is 0.197. The van der Waals surface area contributed by atoms with Crippen molar-refractivity contribution in [2.24, 2.45) is 0 Å². The average molecular weight is 388 g/mol. The SMILES string of the molecule is O=P1(CC2CO2)Oc2ccc3ccccc3c2-c2c(ccc3ccccc23)O1. The van der Waals surface area contributed by atoms with E-state index >= 15 is 0 Å². The third-order valence-electron chi connectivity index (χ3n) is 5.34. The highest BCUT2D eigenvalue weighted by molar-refractivity contribution is 7.54. The molecule has 6 rings (SSSR count). The molecule has 0 radical (unpaired) electrons. The maximum absolute atomic E-state index is 13.6. The first-order chi connectivity index (χ1) is 13.7. The molecule has 1 unspecified atom stereocenters. The molecular weight excluding hydrogens is 371 g/mol. The van der Waals surface area contributed by atoms with Crippen molar-refractivity contribution in [2.75, 3.05) is 12.8 Å². The number of epoxide rings is 1. The number of ether oxygens (including phenoxy) is 1. The third-order valence-corrected chi connectivity index (χ3v) is 7.14. The highest BCUT2D eigenvalue weighted by atomic mass is 31.2. The molecule has 0 amide bonds. The lowest BCUT2D eigenvalue weighted by atomic mass is 9.92. The predicted molar refractivity (Wildman–Crippen MR) is 110 cm³/mol. The maximum Gasteiger partial charge on any atom is 0.433 e. The van der Waals surface area contributed by atoms with Crippen LogP contribution in [0.5, 0.6) is 11.5 Å². The molecule has 0 aromatic heterocycles. The van der Waals surface area contributed by atoms with Gasteiger partial charge in [0.05, 0.1) is 12.7 Å². The number of rotatable bonds is 2. The van der Waals surface area contributed by atoms with Crippen molar-refractivity contribution in [1.29, 1.82) is 0 Å². The fourth-order valence-corrected chi connectivity index (χ4v) is 5.79. The van der Waals surface area contributed by atoms with Crippen LogP contribution in [0.3, 0.4) is 0 Å². The smallest absolute Gasteiger partial charge is 0.415 e. The molecular formula is C23H17O4P. The molecule has 2 aliphatic heterocycles. The molecule has 2 aliphatic rings. The second-order valence-corrected chi connectivity index (χ2v) is 9.20. The van der Waals surface area contributed by atoms with E-state index in [1.165, 1.54) is 0 Å². The van der Waals surface area contributed by atoms with Gasteiger partial charge in [-0.1, -0.05) is 60.7 Å². The minimum absolute atomic E-state index is 0.0586. The number of hydrogen-bond acceptors (Lipinski definition) is 4. The van der Waals surface area contributed by atoms with Crippen LogP contribution in [0.4, 0.5) is 0 Å². The molecule has 4 aromatic carbocycles. The van der Waals surface area contributed by atoms with E-state index in [4.69, 9.17) is 13.8 Å². The summed E-state index contributed by atoms with van der Waals surface area (Å²) in [5, 5.41) is 4.31. The van der Waals surface area contributed by atoms with Gasteiger partial charge in [-0.15, -0.1) is 0 Å². The van der Waals surface area contributed by atoms with Crippen LogP contribution in [-0.4, -0.2) is 18.9 Å². The van der Waals surface area contributed by atoms with Gasteiger partial charge in [0.2, 0.25) is 0 Å². The van der Waals surface area contributed by atoms with Gasteiger partial charge >= 0.3 is 7.60 Å². The van der Waals surface area contributed by atoms with E-state index in [-0.39, 0.29) is 12.3 Å². The van der Waals surface area contributed by atoms with Crippen molar-refractivity contribution < 1.29 is 18.3 Å². The van der Waals surface area contributed by atoms with E-state index in [1.54, 1.807) is 0 Å². The molecule has 0 saturated carbocycles. The molecule has 138 valence electrons. The first kappa shape index (κ1) is 16.2. The molecule has 28 heavy (non-hydrogen) atoms. The van der Waals surface area contributed by atoms with Crippen molar-refractivity contribution in [3.63, 3.8) is 0 Å². The number of benzene rings is 4. The van der Waals surface area contributed by atoms with Gasteiger partial charge in [0.1, 0.15) is 17.7 Å². The maximum atomic E-state index is 13.6. The van der Waals surface area contributed by atoms with Crippen molar-refractivity contribution in [3.05, 3.63) is 72.8 Å². The average Bonchev–Trinajstić information content (AvgIpc) is 3.52. The van der Waals surface area contributed by atoms with Gasteiger partial charge in [0.25, 0.3) is 0 Å². The fraction of sp³-hybridized carbons (Fsp3) is 0.130. The molecule has 1 fully saturated rings. The van der Waals surface area contributed by atoms with Gasteiger partial charge in [-0.3, -0.25) is 0 Å². The van der Waals surface area contributed by atoms with E-state index in [1.807, 2.05) is 48.5 Å². The number of hydrogen-bond donors (Lipinski definition) is 0. The van der Waals surface area contributed by atoms with E-state index in [2.05, 4.69) is 24.3 Å². The van der Waals surface area contributed by atoms with Crippen LogP contribution >= 0.6 is 7.60 Å². The summed E-state index contributed by atoms with van der Waals surface area (Å²) >= 11 is 0. The van der Waals surface area contributed by atoms with Gasteiger partial charge in [0, 0.05) is 11.1 Å². The monoisotopic (exact) mass is 388 g/mol. The third kappa shape index (κ3) is 2.53. The summed E-state index contributed by atoms with van der Waals surface area (Å²) < 4.78 is 31.1. The Bertz CT molecular complexity index is 1200. The minimum Gasteiger partial charge on any atom is -0.415 e. The molecule has 0 aliphatic carbocycles. The molecule has 5 heteroatoms. The Morgan fingerprint density at radius 2 is 1.25 bits per heavy atom. The standard InChI is InChI=1S/C23H17O4P/c24-28(14-17-13-25-17)26-20-11-9-15-5-1-3-7-18(15)22(20)23-19-8-4-2-6-16(19)10-12-21(23)27-28/h1-12,17H,13-14H2. The highest BCUT2D eigenvalue weighted by Gasteiger charge is 2.41. The van der Waals surface area contributed by atoms with Crippen LogP contribution in [0.15, 0.2) is 72.8 Å². The van der Waals surface area contributed by atoms with Gasteiger partial charge < -0.3 is 13.8 Å². The molecule has 2 heterocycles.